The van der Waals surface area contributed by atoms with Gasteiger partial charge in [0.25, 0.3) is 5.91 Å². The number of hydrogen-bond donors (Lipinski definition) is 1. The summed E-state index contributed by atoms with van der Waals surface area (Å²) in [5.41, 5.74) is 0.697. The summed E-state index contributed by atoms with van der Waals surface area (Å²) in [5, 5.41) is 3.22. The molecule has 1 aliphatic carbocycles. The maximum atomic E-state index is 12.6. The van der Waals surface area contributed by atoms with Crippen LogP contribution in [0, 0.1) is 5.92 Å². The summed E-state index contributed by atoms with van der Waals surface area (Å²) < 4.78 is 0.826. The molecule has 24 heavy (non-hydrogen) atoms. The van der Waals surface area contributed by atoms with Crippen LogP contribution in [0.15, 0.2) is 28.7 Å². The van der Waals surface area contributed by atoms with E-state index in [-0.39, 0.29) is 17.7 Å². The van der Waals surface area contributed by atoms with E-state index in [9.17, 15) is 9.59 Å². The highest BCUT2D eigenvalue weighted by Gasteiger charge is 2.29. The molecule has 0 spiro atoms. The van der Waals surface area contributed by atoms with Gasteiger partial charge in [-0.1, -0.05) is 31.4 Å². The van der Waals surface area contributed by atoms with Crippen LogP contribution in [0.5, 0.6) is 0 Å². The molecule has 0 radical (unpaired) electrons. The Hall–Kier alpha value is -1.36. The van der Waals surface area contributed by atoms with Gasteiger partial charge in [-0.05, 0) is 53.7 Å². The van der Waals surface area contributed by atoms with Crippen molar-refractivity contribution in [2.45, 2.75) is 51.0 Å². The van der Waals surface area contributed by atoms with E-state index in [0.29, 0.717) is 24.7 Å². The molecule has 1 saturated heterocycles. The maximum Gasteiger partial charge on any atom is 0.254 e. The van der Waals surface area contributed by atoms with Gasteiger partial charge in [0.2, 0.25) is 5.91 Å². The van der Waals surface area contributed by atoms with E-state index in [2.05, 4.69) is 21.2 Å². The molecule has 2 amide bonds. The highest BCUT2D eigenvalue weighted by atomic mass is 79.9. The Morgan fingerprint density at radius 3 is 2.33 bits per heavy atom. The first-order valence-corrected chi connectivity index (χ1v) is 9.78. The molecule has 5 heteroatoms. The standard InChI is InChI=1S/C19H25BrN2O2/c20-17-9-5-4-8-16(17)19(24)22-12-10-14(11-13-22)18(23)21-15-6-2-1-3-7-15/h4-5,8-9,14-15H,1-3,6-7,10-13H2,(H,21,23). The second kappa shape index (κ2) is 8.15. The smallest absolute Gasteiger partial charge is 0.254 e. The van der Waals surface area contributed by atoms with Crippen molar-refractivity contribution < 1.29 is 9.59 Å². The van der Waals surface area contributed by atoms with Crippen LogP contribution in [0.3, 0.4) is 0 Å². The molecule has 0 atom stereocenters. The number of hydrogen-bond acceptors (Lipinski definition) is 2. The van der Waals surface area contributed by atoms with Crippen LogP contribution in [-0.2, 0) is 4.79 Å². The third-order valence-electron chi connectivity index (χ3n) is 5.21. The fourth-order valence-electron chi connectivity index (χ4n) is 3.72. The number of halogens is 1. The molecule has 0 aromatic heterocycles. The van der Waals surface area contributed by atoms with Gasteiger partial charge in [-0.15, -0.1) is 0 Å². The highest BCUT2D eigenvalue weighted by Crippen LogP contribution is 2.24. The molecular weight excluding hydrogens is 368 g/mol. The minimum atomic E-state index is 0.0496. The van der Waals surface area contributed by atoms with Crippen LogP contribution in [0.2, 0.25) is 0 Å². The molecule has 1 N–H and O–H groups in total. The Bertz CT molecular complexity index is 591. The van der Waals surface area contributed by atoms with Crippen molar-refractivity contribution in [3.8, 4) is 0 Å². The first kappa shape index (κ1) is 17.5. The average Bonchev–Trinajstić information content (AvgIpc) is 2.62. The number of nitrogens with zero attached hydrogens (tertiary/aromatic N) is 1. The van der Waals surface area contributed by atoms with Gasteiger partial charge in [-0.25, -0.2) is 0 Å². The Kier molecular flexibility index (Phi) is 5.93. The monoisotopic (exact) mass is 392 g/mol. The van der Waals surface area contributed by atoms with Crippen molar-refractivity contribution in [2.24, 2.45) is 5.92 Å². The van der Waals surface area contributed by atoms with Crippen LogP contribution in [0.25, 0.3) is 0 Å². The van der Waals surface area contributed by atoms with Gasteiger partial charge in [0.1, 0.15) is 0 Å². The largest absolute Gasteiger partial charge is 0.353 e. The minimum Gasteiger partial charge on any atom is -0.353 e. The van der Waals surface area contributed by atoms with Crippen LogP contribution in [0.4, 0.5) is 0 Å². The summed E-state index contributed by atoms with van der Waals surface area (Å²) in [5.74, 6) is 0.290. The number of carbonyl (C=O) groups is 2. The van der Waals surface area contributed by atoms with Crippen LogP contribution < -0.4 is 5.32 Å². The summed E-state index contributed by atoms with van der Waals surface area (Å²) in [6.07, 6.45) is 7.50. The second-order valence-electron chi connectivity index (χ2n) is 6.89. The quantitative estimate of drug-likeness (QED) is 0.851. The van der Waals surface area contributed by atoms with Gasteiger partial charge in [0.15, 0.2) is 0 Å². The molecule has 0 unspecified atom stereocenters. The van der Waals surface area contributed by atoms with Crippen molar-refractivity contribution in [1.82, 2.24) is 10.2 Å². The molecule has 0 bridgehead atoms. The molecule has 1 heterocycles. The lowest BCUT2D eigenvalue weighted by Crippen LogP contribution is -2.45. The predicted octanol–water partition coefficient (Wildman–Crippen LogP) is 3.75. The number of piperidine rings is 1. The molecule has 2 aliphatic rings. The Balaban J connectivity index is 1.51. The molecule has 3 rings (SSSR count). The van der Waals surface area contributed by atoms with Crippen molar-refractivity contribution in [3.05, 3.63) is 34.3 Å². The lowest BCUT2D eigenvalue weighted by Gasteiger charge is -2.33. The van der Waals surface area contributed by atoms with Crippen molar-refractivity contribution >= 4 is 27.7 Å². The molecule has 2 fully saturated rings. The lowest BCUT2D eigenvalue weighted by molar-refractivity contribution is -0.127. The van der Waals surface area contributed by atoms with Gasteiger partial charge in [-0.3, -0.25) is 9.59 Å². The molecule has 1 aromatic rings. The molecule has 4 nitrogen and oxygen atoms in total. The fraction of sp³-hybridized carbons (Fsp3) is 0.579. The Labute approximate surface area is 152 Å². The summed E-state index contributed by atoms with van der Waals surface area (Å²) >= 11 is 3.44. The molecule has 1 aliphatic heterocycles. The SMILES string of the molecule is O=C(NC1CCCCC1)C1CCN(C(=O)c2ccccc2Br)CC1. The summed E-state index contributed by atoms with van der Waals surface area (Å²) in [4.78, 5) is 26.9. The normalized spacial score (nSPS) is 20.0. The van der Waals surface area contributed by atoms with E-state index in [0.717, 1.165) is 30.2 Å². The maximum absolute atomic E-state index is 12.6. The number of carbonyl (C=O) groups excluding carboxylic acids is 2. The van der Waals surface area contributed by atoms with E-state index in [1.54, 1.807) is 0 Å². The summed E-state index contributed by atoms with van der Waals surface area (Å²) in [7, 11) is 0. The zero-order chi connectivity index (χ0) is 16.9. The minimum absolute atomic E-state index is 0.0496. The zero-order valence-electron chi connectivity index (χ0n) is 14.0. The first-order valence-electron chi connectivity index (χ1n) is 8.99. The van der Waals surface area contributed by atoms with Crippen molar-refractivity contribution in [2.75, 3.05) is 13.1 Å². The van der Waals surface area contributed by atoms with Gasteiger partial charge in [0.05, 0.1) is 5.56 Å². The number of likely N-dealkylation sites (tertiary alicyclic amines) is 1. The van der Waals surface area contributed by atoms with Crippen LogP contribution in [0.1, 0.15) is 55.3 Å². The highest BCUT2D eigenvalue weighted by molar-refractivity contribution is 9.10. The third-order valence-corrected chi connectivity index (χ3v) is 5.90. The Morgan fingerprint density at radius 2 is 1.67 bits per heavy atom. The van der Waals surface area contributed by atoms with Crippen LogP contribution >= 0.6 is 15.9 Å². The van der Waals surface area contributed by atoms with Gasteiger partial charge < -0.3 is 10.2 Å². The second-order valence-corrected chi connectivity index (χ2v) is 7.74. The van der Waals surface area contributed by atoms with Crippen LogP contribution in [-0.4, -0.2) is 35.8 Å². The topological polar surface area (TPSA) is 49.4 Å². The molecule has 1 aromatic carbocycles. The molecular formula is C19H25BrN2O2. The summed E-state index contributed by atoms with van der Waals surface area (Å²) in [6, 6.07) is 7.88. The molecule has 130 valence electrons. The molecule has 1 saturated carbocycles. The van der Waals surface area contributed by atoms with E-state index in [1.165, 1.54) is 19.3 Å². The van der Waals surface area contributed by atoms with E-state index >= 15 is 0 Å². The third kappa shape index (κ3) is 4.18. The number of benzene rings is 1. The van der Waals surface area contributed by atoms with Gasteiger partial charge in [0, 0.05) is 29.5 Å². The van der Waals surface area contributed by atoms with E-state index < -0.39 is 0 Å². The zero-order valence-corrected chi connectivity index (χ0v) is 15.6. The first-order chi connectivity index (χ1) is 11.6. The fourth-order valence-corrected chi connectivity index (χ4v) is 4.17. The lowest BCUT2D eigenvalue weighted by atomic mass is 9.92. The average molecular weight is 393 g/mol. The van der Waals surface area contributed by atoms with Gasteiger partial charge >= 0.3 is 0 Å². The van der Waals surface area contributed by atoms with Crippen molar-refractivity contribution in [3.63, 3.8) is 0 Å². The Morgan fingerprint density at radius 1 is 1.00 bits per heavy atom. The number of nitrogens with one attached hydrogen (secondary N) is 1. The van der Waals surface area contributed by atoms with E-state index in [4.69, 9.17) is 0 Å². The number of rotatable bonds is 3. The van der Waals surface area contributed by atoms with Gasteiger partial charge in [-0.2, -0.15) is 0 Å². The predicted molar refractivity (Wildman–Crippen MR) is 97.8 cm³/mol. The van der Waals surface area contributed by atoms with E-state index in [1.807, 2.05) is 29.2 Å². The summed E-state index contributed by atoms with van der Waals surface area (Å²) in [6.45, 7) is 1.31. The number of amides is 2. The van der Waals surface area contributed by atoms with Crippen molar-refractivity contribution in [1.29, 1.82) is 0 Å².